The van der Waals surface area contributed by atoms with Gasteiger partial charge >= 0.3 is 5.51 Å². The van der Waals surface area contributed by atoms with Gasteiger partial charge in [0.1, 0.15) is 22.4 Å². The molecule has 1 saturated carbocycles. The number of rotatable bonds is 6. The Morgan fingerprint density at radius 1 is 1.11 bits per heavy atom. The highest BCUT2D eigenvalue weighted by Gasteiger charge is 2.47. The number of alkyl halides is 3. The Hall–Kier alpha value is -3.10. The monoisotopic (exact) mass is 536 g/mol. The molecule has 1 unspecified atom stereocenters. The zero-order valence-corrected chi connectivity index (χ0v) is 20.7. The molecule has 0 N–H and O–H groups in total. The van der Waals surface area contributed by atoms with Crippen LogP contribution in [0, 0.1) is 0 Å². The SMILES string of the molecule is CCS(=O)(=O)c1cc(-c2ccc(C3CC3)nc2)cnc1-c1nc2cc([S+]([O-])C(F)(F)F)nnc2n1C. The molecular weight excluding hydrogens is 517 g/mol. The van der Waals surface area contributed by atoms with E-state index in [1.165, 1.54) is 30.8 Å². The summed E-state index contributed by atoms with van der Waals surface area (Å²) in [6.45, 7) is 1.50. The van der Waals surface area contributed by atoms with Crippen molar-refractivity contribution in [3.8, 4) is 22.6 Å². The largest absolute Gasteiger partial charge is 0.603 e. The number of pyridine rings is 2. The lowest BCUT2D eigenvalue weighted by Crippen LogP contribution is -2.24. The molecule has 0 aliphatic heterocycles. The van der Waals surface area contributed by atoms with Gasteiger partial charge in [0.2, 0.25) is 0 Å². The molecular formula is C22H19F3N6O3S2. The van der Waals surface area contributed by atoms with Crippen molar-refractivity contribution in [1.82, 2.24) is 29.7 Å². The van der Waals surface area contributed by atoms with E-state index in [1.807, 2.05) is 12.1 Å². The molecule has 9 nitrogen and oxygen atoms in total. The standard InChI is InChI=1S/C22H19F3N6O3S2/c1-3-36(33,34)17-8-14(13-6-7-15(26-10-13)12-4-5-12)11-27-19(17)21-28-16-9-18(35(32)22(23,24)25)29-30-20(16)31(21)2/h6-12H,3-5H2,1-2H3. The summed E-state index contributed by atoms with van der Waals surface area (Å²) < 4.78 is 77.7. The Bertz CT molecular complexity index is 1570. The van der Waals surface area contributed by atoms with Crippen molar-refractivity contribution in [2.45, 2.75) is 41.1 Å². The van der Waals surface area contributed by atoms with Crippen molar-refractivity contribution in [3.63, 3.8) is 0 Å². The van der Waals surface area contributed by atoms with Gasteiger partial charge in [0, 0.05) is 48.2 Å². The van der Waals surface area contributed by atoms with Gasteiger partial charge in [0.25, 0.3) is 5.03 Å². The van der Waals surface area contributed by atoms with E-state index in [1.54, 1.807) is 6.20 Å². The maximum absolute atomic E-state index is 13.0. The van der Waals surface area contributed by atoms with Gasteiger partial charge in [-0.15, -0.1) is 18.3 Å². The summed E-state index contributed by atoms with van der Waals surface area (Å²) in [5.74, 6) is 0.336. The van der Waals surface area contributed by atoms with Crippen molar-refractivity contribution in [3.05, 3.63) is 42.4 Å². The number of sulfone groups is 1. The van der Waals surface area contributed by atoms with Gasteiger partial charge in [0.15, 0.2) is 21.3 Å². The molecule has 188 valence electrons. The lowest BCUT2D eigenvalue weighted by atomic mass is 10.1. The van der Waals surface area contributed by atoms with E-state index in [0.717, 1.165) is 24.6 Å². The van der Waals surface area contributed by atoms with E-state index in [0.29, 0.717) is 17.0 Å². The van der Waals surface area contributed by atoms with Crippen molar-refractivity contribution < 1.29 is 26.1 Å². The highest BCUT2D eigenvalue weighted by atomic mass is 32.2. The van der Waals surface area contributed by atoms with E-state index in [4.69, 9.17) is 0 Å². The summed E-state index contributed by atoms with van der Waals surface area (Å²) in [4.78, 5) is 13.1. The first-order valence-electron chi connectivity index (χ1n) is 10.9. The molecule has 0 bridgehead atoms. The second-order valence-electron chi connectivity index (χ2n) is 8.32. The second-order valence-corrected chi connectivity index (χ2v) is 12.0. The maximum atomic E-state index is 13.0. The summed E-state index contributed by atoms with van der Waals surface area (Å²) in [5.41, 5.74) is -2.70. The maximum Gasteiger partial charge on any atom is 0.579 e. The van der Waals surface area contributed by atoms with Crippen LogP contribution >= 0.6 is 0 Å². The van der Waals surface area contributed by atoms with Crippen molar-refractivity contribution in [2.75, 3.05) is 5.75 Å². The molecule has 1 atom stereocenters. The summed E-state index contributed by atoms with van der Waals surface area (Å²) in [5, 5.41) is 6.37. The predicted octanol–water partition coefficient (Wildman–Crippen LogP) is 3.79. The molecule has 5 rings (SSSR count). The summed E-state index contributed by atoms with van der Waals surface area (Å²) in [6.07, 6.45) is 5.39. The molecule has 0 amide bonds. The minimum Gasteiger partial charge on any atom is -0.603 e. The molecule has 0 radical (unpaired) electrons. The number of nitrogens with zero attached hydrogens (tertiary/aromatic N) is 6. The van der Waals surface area contributed by atoms with Crippen LogP contribution in [0.5, 0.6) is 0 Å². The topological polar surface area (TPSA) is 127 Å². The number of hydrogen-bond acceptors (Lipinski definition) is 8. The first kappa shape index (κ1) is 24.6. The first-order valence-corrected chi connectivity index (χ1v) is 13.7. The number of aromatic nitrogens is 6. The molecule has 14 heteroatoms. The second kappa shape index (κ2) is 8.78. The van der Waals surface area contributed by atoms with Crippen LogP contribution in [-0.2, 0) is 28.1 Å². The van der Waals surface area contributed by atoms with Gasteiger partial charge in [-0.3, -0.25) is 9.97 Å². The number of halogens is 3. The molecule has 4 aromatic rings. The van der Waals surface area contributed by atoms with Crippen LogP contribution in [0.25, 0.3) is 33.8 Å². The lowest BCUT2D eigenvalue weighted by Gasteiger charge is -2.11. The fraction of sp³-hybridized carbons (Fsp3) is 0.318. The normalized spacial score (nSPS) is 15.4. The number of imidazole rings is 1. The smallest absolute Gasteiger partial charge is 0.579 e. The summed E-state index contributed by atoms with van der Waals surface area (Å²) in [6, 6.07) is 6.20. The summed E-state index contributed by atoms with van der Waals surface area (Å²) in [7, 11) is -2.27. The molecule has 0 aromatic carbocycles. The van der Waals surface area contributed by atoms with Crippen LogP contribution in [0.4, 0.5) is 13.2 Å². The Labute approximate surface area is 206 Å². The predicted molar refractivity (Wildman–Crippen MR) is 125 cm³/mol. The molecule has 0 spiro atoms. The van der Waals surface area contributed by atoms with E-state index < -0.39 is 31.5 Å². The number of fused-ring (bicyclic) bond motifs is 1. The number of aryl methyl sites for hydroxylation is 1. The molecule has 4 aromatic heterocycles. The highest BCUT2D eigenvalue weighted by Crippen LogP contribution is 2.39. The molecule has 4 heterocycles. The summed E-state index contributed by atoms with van der Waals surface area (Å²) >= 11 is -3.38. The molecule has 0 saturated heterocycles. The highest BCUT2D eigenvalue weighted by molar-refractivity contribution is 7.92. The Kier molecular flexibility index (Phi) is 6.00. The lowest BCUT2D eigenvalue weighted by molar-refractivity contribution is -0.0437. The fourth-order valence-corrected chi connectivity index (χ4v) is 5.38. The van der Waals surface area contributed by atoms with Gasteiger partial charge in [-0.2, -0.15) is 0 Å². The van der Waals surface area contributed by atoms with Crippen LogP contribution in [0.3, 0.4) is 0 Å². The molecule has 36 heavy (non-hydrogen) atoms. The molecule has 1 fully saturated rings. The van der Waals surface area contributed by atoms with E-state index in [9.17, 15) is 26.1 Å². The van der Waals surface area contributed by atoms with Crippen molar-refractivity contribution in [2.24, 2.45) is 7.05 Å². The van der Waals surface area contributed by atoms with Crippen molar-refractivity contribution >= 4 is 32.2 Å². The minimum absolute atomic E-state index is 0.0159. The zero-order chi connectivity index (χ0) is 25.8. The fourth-order valence-electron chi connectivity index (χ4n) is 3.75. The first-order chi connectivity index (χ1) is 17.0. The van der Waals surface area contributed by atoms with Crippen LogP contribution < -0.4 is 0 Å². The van der Waals surface area contributed by atoms with Gasteiger partial charge < -0.3 is 9.12 Å². The number of hydrogen-bond donors (Lipinski definition) is 0. The van der Waals surface area contributed by atoms with E-state index in [2.05, 4.69) is 25.1 Å². The van der Waals surface area contributed by atoms with Crippen LogP contribution in [0.2, 0.25) is 0 Å². The quantitative estimate of drug-likeness (QED) is 0.341. The Balaban J connectivity index is 1.62. The van der Waals surface area contributed by atoms with Gasteiger partial charge in [-0.25, -0.2) is 13.4 Å². The van der Waals surface area contributed by atoms with E-state index >= 15 is 0 Å². The zero-order valence-electron chi connectivity index (χ0n) is 19.0. The van der Waals surface area contributed by atoms with Crippen molar-refractivity contribution in [1.29, 1.82) is 0 Å². The minimum atomic E-state index is -5.01. The average Bonchev–Trinajstić information content (AvgIpc) is 3.66. The van der Waals surface area contributed by atoms with Crippen LogP contribution in [-0.4, -0.2) is 53.9 Å². The van der Waals surface area contributed by atoms with E-state index in [-0.39, 0.29) is 33.3 Å². The van der Waals surface area contributed by atoms with Gasteiger partial charge in [0.05, 0.1) is 10.6 Å². The van der Waals surface area contributed by atoms with Crippen LogP contribution in [0.15, 0.2) is 46.6 Å². The Morgan fingerprint density at radius 2 is 1.83 bits per heavy atom. The molecule has 1 aliphatic carbocycles. The average molecular weight is 537 g/mol. The van der Waals surface area contributed by atoms with Gasteiger partial charge in [-0.1, -0.05) is 18.1 Å². The Morgan fingerprint density at radius 3 is 2.44 bits per heavy atom. The third kappa shape index (κ3) is 4.44. The molecule has 1 aliphatic rings. The van der Waals surface area contributed by atoms with Crippen LogP contribution in [0.1, 0.15) is 31.4 Å². The third-order valence-corrected chi connectivity index (χ3v) is 8.63. The third-order valence-electron chi connectivity index (χ3n) is 5.89. The van der Waals surface area contributed by atoms with Gasteiger partial charge in [-0.05, 0) is 25.0 Å².